The van der Waals surface area contributed by atoms with Crippen LogP contribution in [0.15, 0.2) is 18.2 Å². The first-order valence-corrected chi connectivity index (χ1v) is 3.67. The van der Waals surface area contributed by atoms with Crippen LogP contribution in [0.1, 0.15) is 15.9 Å². The van der Waals surface area contributed by atoms with Gasteiger partial charge in [0.05, 0.1) is 12.7 Å². The Kier molecular flexibility index (Phi) is 2.87. The molecule has 1 N–H and O–H groups in total. The van der Waals surface area contributed by atoms with Crippen molar-refractivity contribution in [3.63, 3.8) is 0 Å². The summed E-state index contributed by atoms with van der Waals surface area (Å²) in [6.07, 6.45) is 0. The van der Waals surface area contributed by atoms with Gasteiger partial charge in [0.25, 0.3) is 0 Å². The quantitative estimate of drug-likeness (QED) is 0.764. The van der Waals surface area contributed by atoms with E-state index in [9.17, 15) is 9.90 Å². The van der Waals surface area contributed by atoms with Gasteiger partial charge in [-0.3, -0.25) is 0 Å². The van der Waals surface area contributed by atoms with Gasteiger partial charge >= 0.3 is 5.97 Å². The molecule has 0 aliphatic carbocycles. The zero-order valence-corrected chi connectivity index (χ0v) is 7.11. The molecule has 69 valence electrons. The molecule has 0 spiro atoms. The molecule has 0 heterocycles. The Hall–Kier alpha value is -1.55. The normalized spacial score (nSPS) is 9.69. The third-order valence-corrected chi connectivity index (χ3v) is 1.70. The summed E-state index contributed by atoms with van der Waals surface area (Å²) < 4.78 is 4.84. The van der Waals surface area contributed by atoms with Gasteiger partial charge in [0.2, 0.25) is 0 Å². The summed E-state index contributed by atoms with van der Waals surface area (Å²) in [5.41, 5.74) is 0.280. The van der Waals surface area contributed by atoms with Crippen LogP contribution in [0.2, 0.25) is 0 Å². The van der Waals surface area contributed by atoms with Gasteiger partial charge < -0.3 is 9.84 Å². The minimum Gasteiger partial charge on any atom is -0.497 e. The van der Waals surface area contributed by atoms with E-state index in [4.69, 9.17) is 9.84 Å². The van der Waals surface area contributed by atoms with Gasteiger partial charge in [-0.1, -0.05) is 6.07 Å². The van der Waals surface area contributed by atoms with Crippen LogP contribution in [0.25, 0.3) is 0 Å². The van der Waals surface area contributed by atoms with E-state index in [1.807, 2.05) is 0 Å². The van der Waals surface area contributed by atoms with Gasteiger partial charge in [0.1, 0.15) is 12.4 Å². The molecular formula is C9H9O4. The number of hydrogen-bond acceptors (Lipinski definition) is 2. The number of carboxylic acid groups (broad SMARTS) is 1. The molecule has 0 saturated heterocycles. The fourth-order valence-electron chi connectivity index (χ4n) is 1.01. The van der Waals surface area contributed by atoms with Gasteiger partial charge in [-0.25, -0.2) is 9.90 Å². The molecule has 1 aromatic rings. The summed E-state index contributed by atoms with van der Waals surface area (Å²) in [6, 6.07) is 4.38. The van der Waals surface area contributed by atoms with Crippen molar-refractivity contribution >= 4 is 5.97 Å². The average molecular weight is 181 g/mol. The SMILES string of the molecule is COc1ccc(C[O])c(C(=O)O)c1. The first-order valence-electron chi connectivity index (χ1n) is 3.67. The predicted octanol–water partition coefficient (Wildman–Crippen LogP) is 1.32. The maximum atomic E-state index is 10.7. The first-order chi connectivity index (χ1) is 6.19. The Balaban J connectivity index is 3.18. The predicted molar refractivity (Wildman–Crippen MR) is 44.3 cm³/mol. The molecule has 4 nitrogen and oxygen atoms in total. The number of ether oxygens (including phenoxy) is 1. The van der Waals surface area contributed by atoms with Crippen molar-refractivity contribution in [2.45, 2.75) is 6.61 Å². The number of rotatable bonds is 3. The molecule has 0 aromatic heterocycles. The van der Waals surface area contributed by atoms with E-state index in [1.165, 1.54) is 19.2 Å². The third-order valence-electron chi connectivity index (χ3n) is 1.70. The van der Waals surface area contributed by atoms with Crippen molar-refractivity contribution in [2.24, 2.45) is 0 Å². The number of aromatic carboxylic acids is 1. The van der Waals surface area contributed by atoms with E-state index < -0.39 is 12.6 Å². The number of methoxy groups -OCH3 is 1. The molecule has 0 saturated carbocycles. The van der Waals surface area contributed by atoms with Crippen molar-refractivity contribution in [1.82, 2.24) is 0 Å². The number of carboxylic acids is 1. The highest BCUT2D eigenvalue weighted by atomic mass is 16.5. The Morgan fingerprint density at radius 1 is 1.54 bits per heavy atom. The standard InChI is InChI=1S/C9H9O4/c1-13-7-3-2-6(5-10)8(4-7)9(11)12/h2-4H,5H2,1H3,(H,11,12). The lowest BCUT2D eigenvalue weighted by atomic mass is 10.1. The van der Waals surface area contributed by atoms with Gasteiger partial charge in [-0.15, -0.1) is 0 Å². The van der Waals surface area contributed by atoms with Crippen molar-refractivity contribution in [3.05, 3.63) is 29.3 Å². The molecule has 0 fully saturated rings. The number of carbonyl (C=O) groups is 1. The second-order valence-corrected chi connectivity index (χ2v) is 2.47. The van der Waals surface area contributed by atoms with Crippen LogP contribution in [-0.2, 0) is 11.7 Å². The molecule has 0 aliphatic heterocycles. The Labute approximate surface area is 75.4 Å². The minimum absolute atomic E-state index is 0.00866. The lowest BCUT2D eigenvalue weighted by Gasteiger charge is -2.04. The first kappa shape index (κ1) is 9.54. The van der Waals surface area contributed by atoms with Gasteiger partial charge in [-0.05, 0) is 17.7 Å². The molecule has 0 atom stereocenters. The van der Waals surface area contributed by atoms with E-state index in [2.05, 4.69) is 0 Å². The van der Waals surface area contributed by atoms with Crippen LogP contribution < -0.4 is 4.74 Å². The summed E-state index contributed by atoms with van der Waals surface area (Å²) in [4.78, 5) is 10.7. The lowest BCUT2D eigenvalue weighted by Crippen LogP contribution is -2.02. The third kappa shape index (κ3) is 1.97. The van der Waals surface area contributed by atoms with E-state index in [0.29, 0.717) is 5.75 Å². The lowest BCUT2D eigenvalue weighted by molar-refractivity contribution is 0.0690. The maximum Gasteiger partial charge on any atom is 0.336 e. The van der Waals surface area contributed by atoms with Gasteiger partial charge in [0.15, 0.2) is 0 Å². The molecule has 0 aliphatic rings. The van der Waals surface area contributed by atoms with E-state index in [0.717, 1.165) is 0 Å². The molecule has 0 unspecified atom stereocenters. The second kappa shape index (κ2) is 3.91. The van der Waals surface area contributed by atoms with E-state index in [1.54, 1.807) is 6.07 Å². The molecule has 0 bridgehead atoms. The summed E-state index contributed by atoms with van der Waals surface area (Å²) in [6.45, 7) is -0.536. The Bertz CT molecular complexity index is 319. The van der Waals surface area contributed by atoms with E-state index in [-0.39, 0.29) is 11.1 Å². The van der Waals surface area contributed by atoms with Crippen molar-refractivity contribution in [1.29, 1.82) is 0 Å². The molecule has 1 aromatic carbocycles. The smallest absolute Gasteiger partial charge is 0.336 e. The van der Waals surface area contributed by atoms with Crippen LogP contribution >= 0.6 is 0 Å². The van der Waals surface area contributed by atoms with Crippen LogP contribution in [0, 0.1) is 0 Å². The van der Waals surface area contributed by atoms with Gasteiger partial charge in [-0.2, -0.15) is 0 Å². The molecule has 13 heavy (non-hydrogen) atoms. The highest BCUT2D eigenvalue weighted by Crippen LogP contribution is 2.17. The van der Waals surface area contributed by atoms with E-state index >= 15 is 0 Å². The number of benzene rings is 1. The molecule has 1 radical (unpaired) electrons. The summed E-state index contributed by atoms with van der Waals surface area (Å²) in [5, 5.41) is 19.3. The van der Waals surface area contributed by atoms with Crippen LogP contribution in [-0.4, -0.2) is 18.2 Å². The Morgan fingerprint density at radius 3 is 2.69 bits per heavy atom. The Morgan fingerprint density at radius 2 is 2.23 bits per heavy atom. The highest BCUT2D eigenvalue weighted by molar-refractivity contribution is 5.89. The monoisotopic (exact) mass is 181 g/mol. The fourth-order valence-corrected chi connectivity index (χ4v) is 1.01. The van der Waals surface area contributed by atoms with Crippen LogP contribution in [0.5, 0.6) is 5.75 Å². The van der Waals surface area contributed by atoms with Crippen molar-refractivity contribution < 1.29 is 19.7 Å². The highest BCUT2D eigenvalue weighted by Gasteiger charge is 2.10. The van der Waals surface area contributed by atoms with Crippen LogP contribution in [0.4, 0.5) is 0 Å². The second-order valence-electron chi connectivity index (χ2n) is 2.47. The summed E-state index contributed by atoms with van der Waals surface area (Å²) in [5.74, 6) is -0.667. The summed E-state index contributed by atoms with van der Waals surface area (Å²) in [7, 11) is 1.44. The zero-order valence-electron chi connectivity index (χ0n) is 7.11. The van der Waals surface area contributed by atoms with Gasteiger partial charge in [0, 0.05) is 0 Å². The largest absolute Gasteiger partial charge is 0.497 e. The minimum atomic E-state index is -1.11. The fraction of sp³-hybridized carbons (Fsp3) is 0.222. The average Bonchev–Trinajstić information content (AvgIpc) is 2.16. The maximum absolute atomic E-state index is 10.7. The number of hydrogen-bond donors (Lipinski definition) is 1. The molecular weight excluding hydrogens is 172 g/mol. The zero-order chi connectivity index (χ0) is 9.84. The van der Waals surface area contributed by atoms with Crippen molar-refractivity contribution in [3.8, 4) is 5.75 Å². The molecule has 4 heteroatoms. The summed E-state index contributed by atoms with van der Waals surface area (Å²) >= 11 is 0. The molecule has 0 amide bonds. The molecule has 1 rings (SSSR count). The van der Waals surface area contributed by atoms with Crippen molar-refractivity contribution in [2.75, 3.05) is 7.11 Å². The van der Waals surface area contributed by atoms with Crippen LogP contribution in [0.3, 0.4) is 0 Å². The topological polar surface area (TPSA) is 66.4 Å².